The number of carboxylic acids is 1. The fourth-order valence-corrected chi connectivity index (χ4v) is 2.89. The Morgan fingerprint density at radius 2 is 1.95 bits per heavy atom. The van der Waals surface area contributed by atoms with Crippen molar-refractivity contribution in [3.63, 3.8) is 0 Å². The molecule has 1 saturated heterocycles. The zero-order chi connectivity index (χ0) is 14.9. The Hall–Kier alpha value is -0.880. The lowest BCUT2D eigenvalue weighted by atomic mass is 9.89. The van der Waals surface area contributed by atoms with Crippen LogP contribution < -0.4 is 0 Å². The van der Waals surface area contributed by atoms with Crippen molar-refractivity contribution in [2.45, 2.75) is 12.5 Å². The van der Waals surface area contributed by atoms with Gasteiger partial charge in [0.15, 0.2) is 0 Å². The second-order valence-corrected chi connectivity index (χ2v) is 5.54. The van der Waals surface area contributed by atoms with E-state index in [1.807, 2.05) is 0 Å². The topological polar surface area (TPSA) is 49.8 Å². The van der Waals surface area contributed by atoms with Crippen LogP contribution in [0.3, 0.4) is 0 Å². The molecule has 1 N–H and O–H groups in total. The number of hydrogen-bond acceptors (Lipinski definition) is 3. The summed E-state index contributed by atoms with van der Waals surface area (Å²) in [5.41, 5.74) is -1.23. The van der Waals surface area contributed by atoms with Crippen molar-refractivity contribution >= 4 is 29.2 Å². The minimum absolute atomic E-state index is 0.131. The van der Waals surface area contributed by atoms with Crippen molar-refractivity contribution < 1.29 is 19.0 Å². The van der Waals surface area contributed by atoms with Gasteiger partial charge in [0.25, 0.3) is 0 Å². The Kier molecular flexibility index (Phi) is 4.54. The molecular formula is C13H14Cl2FNO3. The molecule has 1 fully saturated rings. The van der Waals surface area contributed by atoms with Crippen LogP contribution in [0.2, 0.25) is 10.0 Å². The number of carboxylic acid groups (broad SMARTS) is 1. The van der Waals surface area contributed by atoms with Crippen LogP contribution in [-0.2, 0) is 15.1 Å². The zero-order valence-electron chi connectivity index (χ0n) is 10.8. The quantitative estimate of drug-likeness (QED) is 0.870. The highest BCUT2D eigenvalue weighted by atomic mass is 35.5. The van der Waals surface area contributed by atoms with Crippen LogP contribution in [0.4, 0.5) is 4.39 Å². The van der Waals surface area contributed by atoms with E-state index in [4.69, 9.17) is 27.9 Å². The highest BCUT2D eigenvalue weighted by molar-refractivity contribution is 6.35. The number of rotatable bonds is 3. The average molecular weight is 322 g/mol. The van der Waals surface area contributed by atoms with E-state index < -0.39 is 17.3 Å². The van der Waals surface area contributed by atoms with Crippen LogP contribution in [-0.4, -0.2) is 42.3 Å². The number of ether oxygens (including phenoxy) is 1. The standard InChI is InChI=1S/C13H14Cl2FNO3/c1-13(12(18)19,17-2-4-20-5-3-17)8-6-11(16)10(15)7-9(8)14/h6-7H,2-5H2,1H3,(H,18,19). The third kappa shape index (κ3) is 2.63. The fraction of sp³-hybridized carbons (Fsp3) is 0.462. The van der Waals surface area contributed by atoms with Gasteiger partial charge in [-0.2, -0.15) is 0 Å². The average Bonchev–Trinajstić information content (AvgIpc) is 2.42. The molecule has 0 spiro atoms. The fourth-order valence-electron chi connectivity index (χ4n) is 2.33. The van der Waals surface area contributed by atoms with Gasteiger partial charge in [-0.15, -0.1) is 0 Å². The Bertz CT molecular complexity index is 535. The van der Waals surface area contributed by atoms with Crippen LogP contribution in [0.15, 0.2) is 12.1 Å². The summed E-state index contributed by atoms with van der Waals surface area (Å²) in [5.74, 6) is -1.78. The Balaban J connectivity index is 2.52. The van der Waals surface area contributed by atoms with E-state index in [1.165, 1.54) is 13.0 Å². The Morgan fingerprint density at radius 3 is 2.50 bits per heavy atom. The molecule has 0 amide bonds. The number of benzene rings is 1. The van der Waals surface area contributed by atoms with Gasteiger partial charge in [0, 0.05) is 23.7 Å². The largest absolute Gasteiger partial charge is 0.480 e. The molecule has 1 aliphatic rings. The summed E-state index contributed by atoms with van der Waals surface area (Å²) in [6, 6.07) is 2.32. The minimum atomic E-state index is -1.42. The van der Waals surface area contributed by atoms with Crippen molar-refractivity contribution in [3.8, 4) is 0 Å². The van der Waals surface area contributed by atoms with E-state index in [0.717, 1.165) is 6.07 Å². The third-order valence-corrected chi connectivity index (χ3v) is 4.20. The van der Waals surface area contributed by atoms with E-state index in [-0.39, 0.29) is 15.6 Å². The van der Waals surface area contributed by atoms with Crippen molar-refractivity contribution in [2.24, 2.45) is 0 Å². The molecule has 1 aromatic carbocycles. The molecule has 1 heterocycles. The smallest absolute Gasteiger partial charge is 0.328 e. The van der Waals surface area contributed by atoms with Crippen molar-refractivity contribution in [1.82, 2.24) is 4.90 Å². The van der Waals surface area contributed by atoms with Crippen LogP contribution in [0.5, 0.6) is 0 Å². The maximum Gasteiger partial charge on any atom is 0.328 e. The summed E-state index contributed by atoms with van der Waals surface area (Å²) >= 11 is 11.7. The molecule has 0 saturated carbocycles. The maximum absolute atomic E-state index is 13.7. The number of carbonyl (C=O) groups is 1. The van der Waals surface area contributed by atoms with Gasteiger partial charge < -0.3 is 9.84 Å². The lowest BCUT2D eigenvalue weighted by Gasteiger charge is -2.40. The lowest BCUT2D eigenvalue weighted by molar-refractivity contribution is -0.154. The molecule has 110 valence electrons. The Morgan fingerprint density at radius 1 is 1.35 bits per heavy atom. The van der Waals surface area contributed by atoms with Crippen LogP contribution in [0.25, 0.3) is 0 Å². The van der Waals surface area contributed by atoms with E-state index in [9.17, 15) is 14.3 Å². The molecule has 20 heavy (non-hydrogen) atoms. The number of hydrogen-bond donors (Lipinski definition) is 1. The predicted molar refractivity (Wildman–Crippen MR) is 73.8 cm³/mol. The molecule has 0 bridgehead atoms. The zero-order valence-corrected chi connectivity index (χ0v) is 12.3. The molecule has 0 aliphatic carbocycles. The first-order valence-corrected chi connectivity index (χ1v) is 6.84. The van der Waals surface area contributed by atoms with Crippen molar-refractivity contribution in [1.29, 1.82) is 0 Å². The van der Waals surface area contributed by atoms with Gasteiger partial charge in [-0.25, -0.2) is 9.18 Å². The first-order valence-electron chi connectivity index (χ1n) is 6.08. The second-order valence-electron chi connectivity index (χ2n) is 4.72. The normalized spacial score (nSPS) is 19.6. The molecule has 0 aromatic heterocycles. The van der Waals surface area contributed by atoms with E-state index in [0.29, 0.717) is 26.3 Å². The number of halogens is 3. The summed E-state index contributed by atoms with van der Waals surface area (Å²) in [5, 5.41) is 9.63. The van der Waals surface area contributed by atoms with Crippen LogP contribution in [0.1, 0.15) is 12.5 Å². The summed E-state index contributed by atoms with van der Waals surface area (Å²) < 4.78 is 18.9. The number of morpholine rings is 1. The molecule has 2 rings (SSSR count). The molecule has 1 unspecified atom stereocenters. The second kappa shape index (κ2) is 5.85. The molecule has 1 atom stereocenters. The van der Waals surface area contributed by atoms with Crippen LogP contribution in [0, 0.1) is 5.82 Å². The highest BCUT2D eigenvalue weighted by Crippen LogP contribution is 2.36. The third-order valence-electron chi connectivity index (χ3n) is 3.59. The van der Waals surface area contributed by atoms with Crippen molar-refractivity contribution in [2.75, 3.05) is 26.3 Å². The van der Waals surface area contributed by atoms with Gasteiger partial charge in [0.2, 0.25) is 0 Å². The van der Waals surface area contributed by atoms with Crippen LogP contribution >= 0.6 is 23.2 Å². The molecule has 1 aromatic rings. The lowest BCUT2D eigenvalue weighted by Crippen LogP contribution is -2.54. The van der Waals surface area contributed by atoms with Gasteiger partial charge >= 0.3 is 5.97 Å². The van der Waals surface area contributed by atoms with Gasteiger partial charge in [-0.05, 0) is 19.1 Å². The number of nitrogens with zero attached hydrogens (tertiary/aromatic N) is 1. The minimum Gasteiger partial charge on any atom is -0.480 e. The van der Waals surface area contributed by atoms with Gasteiger partial charge in [-0.3, -0.25) is 4.90 Å². The summed E-state index contributed by atoms with van der Waals surface area (Å²) in [4.78, 5) is 13.5. The molecule has 0 radical (unpaired) electrons. The molecule has 7 heteroatoms. The maximum atomic E-state index is 13.7. The van der Waals surface area contributed by atoms with Crippen molar-refractivity contribution in [3.05, 3.63) is 33.6 Å². The first kappa shape index (κ1) is 15.5. The van der Waals surface area contributed by atoms with Gasteiger partial charge in [0.05, 0.1) is 18.2 Å². The SMILES string of the molecule is CC(C(=O)O)(c1cc(F)c(Cl)cc1Cl)N1CCOCC1. The summed E-state index contributed by atoms with van der Waals surface area (Å²) in [6.45, 7) is 3.23. The molecule has 4 nitrogen and oxygen atoms in total. The summed E-state index contributed by atoms with van der Waals surface area (Å²) in [7, 11) is 0. The number of aliphatic carboxylic acids is 1. The van der Waals surface area contributed by atoms with Gasteiger partial charge in [-0.1, -0.05) is 23.2 Å². The first-order chi connectivity index (χ1) is 9.37. The highest BCUT2D eigenvalue weighted by Gasteiger charge is 2.43. The molecular weight excluding hydrogens is 308 g/mol. The van der Waals surface area contributed by atoms with E-state index in [1.54, 1.807) is 4.90 Å². The van der Waals surface area contributed by atoms with E-state index in [2.05, 4.69) is 0 Å². The molecule has 1 aliphatic heterocycles. The Labute approximate surface area is 126 Å². The predicted octanol–water partition coefficient (Wildman–Crippen LogP) is 2.76. The summed E-state index contributed by atoms with van der Waals surface area (Å²) in [6.07, 6.45) is 0. The monoisotopic (exact) mass is 321 g/mol. The van der Waals surface area contributed by atoms with Gasteiger partial charge in [0.1, 0.15) is 11.4 Å². The van der Waals surface area contributed by atoms with E-state index >= 15 is 0 Å².